The van der Waals surface area contributed by atoms with Crippen LogP contribution >= 0.6 is 0 Å². The number of morpholine rings is 1. The predicted octanol–water partition coefficient (Wildman–Crippen LogP) is 4.04. The highest BCUT2D eigenvalue weighted by Crippen LogP contribution is 2.35. The van der Waals surface area contributed by atoms with Crippen molar-refractivity contribution in [2.75, 3.05) is 33.9 Å². The molecule has 2 aromatic carbocycles. The number of carbonyl (C=O) groups is 1. The molecular weight excluding hydrogens is 358 g/mol. The first-order chi connectivity index (χ1) is 13.6. The molecule has 0 saturated carbocycles. The Kier molecular flexibility index (Phi) is 4.96. The van der Waals surface area contributed by atoms with Crippen LogP contribution in [0, 0.1) is 0 Å². The summed E-state index contributed by atoms with van der Waals surface area (Å²) in [7, 11) is 3.22. The number of amides is 1. The molecule has 4 rings (SSSR count). The van der Waals surface area contributed by atoms with E-state index in [0.717, 1.165) is 27.9 Å². The van der Waals surface area contributed by atoms with Crippen molar-refractivity contribution in [3.8, 4) is 22.8 Å². The summed E-state index contributed by atoms with van der Waals surface area (Å²) >= 11 is 0. The largest absolute Gasteiger partial charge is 0.493 e. The Morgan fingerprint density at radius 3 is 2.64 bits per heavy atom. The highest BCUT2D eigenvalue weighted by atomic mass is 16.5. The molecule has 1 fully saturated rings. The normalized spacial score (nSPS) is 17.0. The lowest BCUT2D eigenvalue weighted by molar-refractivity contribution is -0.136. The molecule has 2 heterocycles. The molecule has 146 valence electrons. The van der Waals surface area contributed by atoms with Crippen molar-refractivity contribution < 1.29 is 23.4 Å². The molecule has 1 atom stereocenters. The Morgan fingerprint density at radius 2 is 1.89 bits per heavy atom. The maximum atomic E-state index is 11.7. The fourth-order valence-electron chi connectivity index (χ4n) is 3.53. The average molecular weight is 381 g/mol. The van der Waals surface area contributed by atoms with E-state index < -0.39 is 0 Å². The molecule has 0 aliphatic carbocycles. The van der Waals surface area contributed by atoms with Crippen LogP contribution in [-0.4, -0.2) is 44.7 Å². The van der Waals surface area contributed by atoms with Gasteiger partial charge in [0.2, 0.25) is 5.91 Å². The van der Waals surface area contributed by atoms with Crippen molar-refractivity contribution >= 4 is 16.9 Å². The number of benzene rings is 2. The van der Waals surface area contributed by atoms with Gasteiger partial charge in [-0.1, -0.05) is 6.07 Å². The molecule has 3 aromatic rings. The molecule has 28 heavy (non-hydrogen) atoms. The molecule has 1 amide bonds. The summed E-state index contributed by atoms with van der Waals surface area (Å²) < 4.78 is 22.6. The number of hydrogen-bond acceptors (Lipinski definition) is 5. The van der Waals surface area contributed by atoms with E-state index in [2.05, 4.69) is 6.07 Å². The van der Waals surface area contributed by atoms with Crippen molar-refractivity contribution in [1.82, 2.24) is 4.90 Å². The summed E-state index contributed by atoms with van der Waals surface area (Å²) in [4.78, 5) is 13.5. The van der Waals surface area contributed by atoms with E-state index >= 15 is 0 Å². The molecule has 1 aliphatic heterocycles. The van der Waals surface area contributed by atoms with Crippen molar-refractivity contribution in [1.29, 1.82) is 0 Å². The van der Waals surface area contributed by atoms with Gasteiger partial charge in [0.05, 0.1) is 27.4 Å². The lowest BCUT2D eigenvalue weighted by Gasteiger charge is -2.32. The van der Waals surface area contributed by atoms with Crippen molar-refractivity contribution in [2.45, 2.75) is 13.0 Å². The molecule has 6 heteroatoms. The van der Waals surface area contributed by atoms with Gasteiger partial charge in [-0.25, -0.2) is 0 Å². The monoisotopic (exact) mass is 381 g/mol. The van der Waals surface area contributed by atoms with Gasteiger partial charge < -0.3 is 23.5 Å². The zero-order valence-corrected chi connectivity index (χ0v) is 16.2. The average Bonchev–Trinajstić information content (AvgIpc) is 3.16. The molecular formula is C22H23NO5. The third kappa shape index (κ3) is 3.43. The first-order valence-electron chi connectivity index (χ1n) is 9.22. The Balaban J connectivity index is 1.64. The van der Waals surface area contributed by atoms with Gasteiger partial charge in [-0.15, -0.1) is 0 Å². The van der Waals surface area contributed by atoms with Gasteiger partial charge in [-0.3, -0.25) is 4.79 Å². The highest BCUT2D eigenvalue weighted by molar-refractivity contribution is 5.84. The molecule has 1 saturated heterocycles. The van der Waals surface area contributed by atoms with E-state index in [4.69, 9.17) is 18.6 Å². The fraction of sp³-hybridized carbons (Fsp3) is 0.318. The van der Waals surface area contributed by atoms with E-state index in [1.165, 1.54) is 0 Å². The summed E-state index contributed by atoms with van der Waals surface area (Å²) in [6.07, 6.45) is -0.124. The number of carbonyl (C=O) groups excluding carboxylic acids is 1. The summed E-state index contributed by atoms with van der Waals surface area (Å²) in [5.74, 6) is 2.16. The minimum absolute atomic E-state index is 0.0772. The predicted molar refractivity (Wildman–Crippen MR) is 106 cm³/mol. The summed E-state index contributed by atoms with van der Waals surface area (Å²) in [6.45, 7) is 3.35. The maximum Gasteiger partial charge on any atom is 0.219 e. The van der Waals surface area contributed by atoms with Gasteiger partial charge in [0, 0.05) is 24.4 Å². The second-order valence-electron chi connectivity index (χ2n) is 6.80. The molecule has 1 aliphatic rings. The number of fused-ring (bicyclic) bond motifs is 1. The van der Waals surface area contributed by atoms with E-state index in [1.54, 1.807) is 21.1 Å². The van der Waals surface area contributed by atoms with E-state index in [0.29, 0.717) is 31.2 Å². The minimum atomic E-state index is -0.124. The van der Waals surface area contributed by atoms with Crippen molar-refractivity contribution in [3.63, 3.8) is 0 Å². The molecule has 0 radical (unpaired) electrons. The third-order valence-electron chi connectivity index (χ3n) is 5.09. The molecule has 0 bridgehead atoms. The standard InChI is InChI=1S/C22H23NO5/c1-14(24)23-8-9-27-22(13-23)15-4-6-18-17(10-15)12-20(28-18)16-5-7-19(25-2)21(11-16)26-3/h4-7,10-12,22H,8-9,13H2,1-3H3. The van der Waals surface area contributed by atoms with Crippen LogP contribution < -0.4 is 9.47 Å². The van der Waals surface area contributed by atoms with Crippen LogP contribution in [0.5, 0.6) is 11.5 Å². The maximum absolute atomic E-state index is 11.7. The lowest BCUT2D eigenvalue weighted by atomic mass is 10.1. The van der Waals surface area contributed by atoms with Gasteiger partial charge in [0.25, 0.3) is 0 Å². The highest BCUT2D eigenvalue weighted by Gasteiger charge is 2.24. The van der Waals surface area contributed by atoms with Crippen molar-refractivity contribution in [2.24, 2.45) is 0 Å². The number of methoxy groups -OCH3 is 2. The van der Waals surface area contributed by atoms with E-state index in [9.17, 15) is 4.79 Å². The quantitative estimate of drug-likeness (QED) is 0.683. The van der Waals surface area contributed by atoms with Crippen LogP contribution in [0.3, 0.4) is 0 Å². The second kappa shape index (κ2) is 7.56. The number of nitrogens with zero attached hydrogens (tertiary/aromatic N) is 1. The van der Waals surface area contributed by atoms with Gasteiger partial charge in [-0.05, 0) is 42.0 Å². The Morgan fingerprint density at radius 1 is 1.07 bits per heavy atom. The SMILES string of the molecule is COc1ccc(-c2cc3cc(C4CN(C(C)=O)CCO4)ccc3o2)cc1OC. The Hall–Kier alpha value is -2.99. The fourth-order valence-corrected chi connectivity index (χ4v) is 3.53. The zero-order chi connectivity index (χ0) is 19.7. The lowest BCUT2D eigenvalue weighted by Crippen LogP contribution is -2.41. The molecule has 1 unspecified atom stereocenters. The number of furan rings is 1. The van der Waals surface area contributed by atoms with Crippen LogP contribution in [0.2, 0.25) is 0 Å². The second-order valence-corrected chi connectivity index (χ2v) is 6.80. The summed E-state index contributed by atoms with van der Waals surface area (Å²) in [6, 6.07) is 13.7. The third-order valence-corrected chi connectivity index (χ3v) is 5.09. The molecule has 0 spiro atoms. The number of hydrogen-bond donors (Lipinski definition) is 0. The zero-order valence-electron chi connectivity index (χ0n) is 16.2. The van der Waals surface area contributed by atoms with Gasteiger partial charge in [-0.2, -0.15) is 0 Å². The number of rotatable bonds is 4. The van der Waals surface area contributed by atoms with Crippen LogP contribution in [0.15, 0.2) is 46.9 Å². The van der Waals surface area contributed by atoms with Crippen LogP contribution in [0.1, 0.15) is 18.6 Å². The van der Waals surface area contributed by atoms with Gasteiger partial charge >= 0.3 is 0 Å². The van der Waals surface area contributed by atoms with Crippen LogP contribution in [-0.2, 0) is 9.53 Å². The number of ether oxygens (including phenoxy) is 3. The van der Waals surface area contributed by atoms with Crippen LogP contribution in [0.25, 0.3) is 22.3 Å². The van der Waals surface area contributed by atoms with Crippen molar-refractivity contribution in [3.05, 3.63) is 48.0 Å². The van der Waals surface area contributed by atoms with E-state index in [-0.39, 0.29) is 12.0 Å². The van der Waals surface area contributed by atoms with Gasteiger partial charge in [0.1, 0.15) is 17.4 Å². The summed E-state index contributed by atoms with van der Waals surface area (Å²) in [5, 5.41) is 0.992. The molecule has 0 N–H and O–H groups in total. The first-order valence-corrected chi connectivity index (χ1v) is 9.22. The van der Waals surface area contributed by atoms with Crippen LogP contribution in [0.4, 0.5) is 0 Å². The molecule has 1 aromatic heterocycles. The Bertz CT molecular complexity index is 1010. The Labute approximate surface area is 163 Å². The van der Waals surface area contributed by atoms with E-state index in [1.807, 2.05) is 41.3 Å². The smallest absolute Gasteiger partial charge is 0.219 e. The summed E-state index contributed by atoms with van der Waals surface area (Å²) in [5.41, 5.74) is 2.75. The minimum Gasteiger partial charge on any atom is -0.493 e. The molecule has 6 nitrogen and oxygen atoms in total. The van der Waals surface area contributed by atoms with Gasteiger partial charge in [0.15, 0.2) is 11.5 Å². The topological polar surface area (TPSA) is 61.1 Å². The first kappa shape index (κ1) is 18.4.